The lowest BCUT2D eigenvalue weighted by Crippen LogP contribution is -2.55. The second-order valence-corrected chi connectivity index (χ2v) is 10.2. The molecule has 2 saturated carbocycles. The van der Waals surface area contributed by atoms with Gasteiger partial charge in [0.25, 0.3) is 0 Å². The lowest BCUT2D eigenvalue weighted by molar-refractivity contribution is 0.172. The topological polar surface area (TPSA) is 12.0 Å². The maximum Gasteiger partial charge on any atom is 0.0288 e. The molecule has 1 nitrogen and oxygen atoms in total. The lowest BCUT2D eigenvalue weighted by atomic mass is 9.60. The van der Waals surface area contributed by atoms with Gasteiger partial charge >= 0.3 is 0 Å². The summed E-state index contributed by atoms with van der Waals surface area (Å²) < 4.78 is 0. The Labute approximate surface area is 155 Å². The van der Waals surface area contributed by atoms with Crippen LogP contribution in [0.25, 0.3) is 0 Å². The molecule has 3 aliphatic carbocycles. The van der Waals surface area contributed by atoms with E-state index in [2.05, 4.69) is 45.7 Å². The van der Waals surface area contributed by atoms with Gasteiger partial charge in [0.1, 0.15) is 0 Å². The molecule has 1 heterocycles. The first-order chi connectivity index (χ1) is 11.8. The molecule has 0 aromatic rings. The summed E-state index contributed by atoms with van der Waals surface area (Å²) in [5.74, 6) is 1.63. The van der Waals surface area contributed by atoms with Crippen molar-refractivity contribution < 1.29 is 0 Å². The maximum absolute atomic E-state index is 4.24. The van der Waals surface area contributed by atoms with Gasteiger partial charge in [-0.25, -0.2) is 0 Å². The minimum absolute atomic E-state index is 0.398. The van der Waals surface area contributed by atoms with E-state index in [0.29, 0.717) is 22.9 Å². The second-order valence-electron chi connectivity index (χ2n) is 10.2. The summed E-state index contributed by atoms with van der Waals surface area (Å²) in [4.78, 5) is 0. The van der Waals surface area contributed by atoms with Crippen molar-refractivity contribution >= 4 is 0 Å². The van der Waals surface area contributed by atoms with Crippen molar-refractivity contribution in [3.05, 3.63) is 34.9 Å². The van der Waals surface area contributed by atoms with Crippen molar-refractivity contribution in [1.82, 2.24) is 5.32 Å². The van der Waals surface area contributed by atoms with E-state index in [1.54, 1.807) is 16.7 Å². The van der Waals surface area contributed by atoms with E-state index in [-0.39, 0.29) is 0 Å². The molecule has 1 saturated heterocycles. The fourth-order valence-corrected chi connectivity index (χ4v) is 6.59. The van der Waals surface area contributed by atoms with Gasteiger partial charge < -0.3 is 5.32 Å². The summed E-state index contributed by atoms with van der Waals surface area (Å²) in [5, 5.41) is 4.12. The molecule has 4 rings (SSSR count). The predicted molar refractivity (Wildman–Crippen MR) is 108 cm³/mol. The Kier molecular flexibility index (Phi) is 4.30. The average Bonchev–Trinajstić information content (AvgIpc) is 2.94. The molecule has 0 spiro atoms. The van der Waals surface area contributed by atoms with Gasteiger partial charge in [0, 0.05) is 11.6 Å². The highest BCUT2D eigenvalue weighted by atomic mass is 15.0. The Balaban J connectivity index is 1.58. The Hall–Kier alpha value is -0.820. The van der Waals surface area contributed by atoms with Crippen LogP contribution in [0.15, 0.2) is 34.9 Å². The van der Waals surface area contributed by atoms with Gasteiger partial charge in [-0.3, -0.25) is 0 Å². The molecule has 1 N–H and O–H groups in total. The minimum atomic E-state index is 0.398. The molecule has 5 atom stereocenters. The van der Waals surface area contributed by atoms with E-state index < -0.39 is 0 Å². The SMILES string of the molecule is C=C(C)C1CCC2(C)CC(C3CCC4CCCC4(C)N3)=CC(C)=C2C1. The van der Waals surface area contributed by atoms with Gasteiger partial charge in [0.15, 0.2) is 0 Å². The number of hydrogen-bond acceptors (Lipinski definition) is 1. The second kappa shape index (κ2) is 6.12. The quantitative estimate of drug-likeness (QED) is 0.580. The van der Waals surface area contributed by atoms with Crippen LogP contribution in [0.2, 0.25) is 0 Å². The van der Waals surface area contributed by atoms with E-state index >= 15 is 0 Å². The Bertz CT molecular complexity index is 638. The van der Waals surface area contributed by atoms with Crippen LogP contribution in [-0.2, 0) is 0 Å². The Morgan fingerprint density at radius 2 is 1.96 bits per heavy atom. The first kappa shape index (κ1) is 17.6. The molecule has 0 aromatic heterocycles. The molecular weight excluding hydrogens is 302 g/mol. The molecule has 5 unspecified atom stereocenters. The van der Waals surface area contributed by atoms with Crippen LogP contribution in [0, 0.1) is 17.3 Å². The van der Waals surface area contributed by atoms with Crippen molar-refractivity contribution in [3.63, 3.8) is 0 Å². The van der Waals surface area contributed by atoms with Gasteiger partial charge in [-0.05, 0) is 89.4 Å². The van der Waals surface area contributed by atoms with Gasteiger partial charge in [0.2, 0.25) is 0 Å². The van der Waals surface area contributed by atoms with Crippen LogP contribution in [-0.4, -0.2) is 11.6 Å². The Morgan fingerprint density at radius 3 is 2.72 bits per heavy atom. The molecule has 25 heavy (non-hydrogen) atoms. The number of rotatable bonds is 2. The molecule has 3 fully saturated rings. The third-order valence-electron chi connectivity index (χ3n) is 8.30. The van der Waals surface area contributed by atoms with E-state index in [4.69, 9.17) is 0 Å². The van der Waals surface area contributed by atoms with Gasteiger partial charge in [-0.2, -0.15) is 0 Å². The van der Waals surface area contributed by atoms with Crippen molar-refractivity contribution in [2.75, 3.05) is 0 Å². The van der Waals surface area contributed by atoms with E-state index in [1.165, 1.54) is 63.4 Å². The third kappa shape index (κ3) is 2.97. The molecule has 0 bridgehead atoms. The monoisotopic (exact) mass is 339 g/mol. The van der Waals surface area contributed by atoms with Gasteiger partial charge in [0.05, 0.1) is 0 Å². The average molecular weight is 340 g/mol. The van der Waals surface area contributed by atoms with Crippen LogP contribution in [0.3, 0.4) is 0 Å². The van der Waals surface area contributed by atoms with Crippen LogP contribution in [0.1, 0.15) is 85.5 Å². The number of piperidine rings is 1. The van der Waals surface area contributed by atoms with Crippen molar-refractivity contribution in [3.8, 4) is 0 Å². The molecular formula is C24H37N. The summed E-state index contributed by atoms with van der Waals surface area (Å²) in [5.41, 5.74) is 7.18. The number of hydrogen-bond donors (Lipinski definition) is 1. The summed E-state index contributed by atoms with van der Waals surface area (Å²) in [6.45, 7) is 13.9. The summed E-state index contributed by atoms with van der Waals surface area (Å²) in [6, 6.07) is 0.617. The van der Waals surface area contributed by atoms with Crippen molar-refractivity contribution in [1.29, 1.82) is 0 Å². The van der Waals surface area contributed by atoms with Crippen LogP contribution in [0.4, 0.5) is 0 Å². The van der Waals surface area contributed by atoms with Crippen LogP contribution in [0.5, 0.6) is 0 Å². The normalized spacial score (nSPS) is 44.2. The van der Waals surface area contributed by atoms with Crippen molar-refractivity contribution in [2.24, 2.45) is 17.3 Å². The van der Waals surface area contributed by atoms with E-state index in [0.717, 1.165) is 5.92 Å². The lowest BCUT2D eigenvalue weighted by Gasteiger charge is -2.48. The zero-order valence-corrected chi connectivity index (χ0v) is 16.9. The van der Waals surface area contributed by atoms with Crippen molar-refractivity contribution in [2.45, 2.75) is 97.1 Å². The third-order valence-corrected chi connectivity index (χ3v) is 8.30. The number of nitrogens with one attached hydrogen (secondary N) is 1. The fraction of sp³-hybridized carbons (Fsp3) is 0.750. The predicted octanol–water partition coefficient (Wildman–Crippen LogP) is 6.33. The fourth-order valence-electron chi connectivity index (χ4n) is 6.59. The highest BCUT2D eigenvalue weighted by Crippen LogP contribution is 2.53. The van der Waals surface area contributed by atoms with Crippen LogP contribution < -0.4 is 5.32 Å². The summed E-state index contributed by atoms with van der Waals surface area (Å²) >= 11 is 0. The molecule has 4 aliphatic rings. The molecule has 1 aliphatic heterocycles. The largest absolute Gasteiger partial charge is 0.305 e. The molecule has 0 amide bonds. The molecule has 138 valence electrons. The summed E-state index contributed by atoms with van der Waals surface area (Å²) in [7, 11) is 0. The van der Waals surface area contributed by atoms with E-state index in [9.17, 15) is 0 Å². The summed E-state index contributed by atoms with van der Waals surface area (Å²) in [6.07, 6.45) is 14.8. The molecule has 0 aromatic carbocycles. The zero-order chi connectivity index (χ0) is 17.8. The highest BCUT2D eigenvalue weighted by Gasteiger charge is 2.46. The smallest absolute Gasteiger partial charge is 0.0288 e. The van der Waals surface area contributed by atoms with E-state index in [1.807, 2.05) is 0 Å². The highest BCUT2D eigenvalue weighted by molar-refractivity contribution is 5.41. The maximum atomic E-state index is 4.24. The first-order valence-corrected chi connectivity index (χ1v) is 10.6. The standard InChI is InChI=1S/C24H37N/c1-16(2)18-10-12-23(4)15-19(13-17(3)21(23)14-18)22-9-8-20-7-6-11-24(20,5)25-22/h13,18,20,22,25H,1,6-12,14-15H2,2-5H3. The Morgan fingerprint density at radius 1 is 1.16 bits per heavy atom. The number of allylic oxidation sites excluding steroid dienone is 4. The molecule has 0 radical (unpaired) electrons. The van der Waals surface area contributed by atoms with Crippen LogP contribution >= 0.6 is 0 Å². The minimum Gasteiger partial charge on any atom is -0.305 e. The number of fused-ring (bicyclic) bond motifs is 2. The zero-order valence-electron chi connectivity index (χ0n) is 16.9. The van der Waals surface area contributed by atoms with Gasteiger partial charge in [-0.15, -0.1) is 0 Å². The van der Waals surface area contributed by atoms with Gasteiger partial charge in [-0.1, -0.05) is 48.3 Å². The first-order valence-electron chi connectivity index (χ1n) is 10.6. The molecule has 1 heteroatoms.